The van der Waals surface area contributed by atoms with E-state index >= 15 is 0 Å². The first-order chi connectivity index (χ1) is 15.5. The van der Waals surface area contributed by atoms with E-state index in [1.807, 2.05) is 42.2 Å². The summed E-state index contributed by atoms with van der Waals surface area (Å²) in [4.78, 5) is 24.9. The van der Waals surface area contributed by atoms with Crippen molar-refractivity contribution in [3.8, 4) is 17.4 Å². The zero-order valence-electron chi connectivity index (χ0n) is 17.4. The highest BCUT2D eigenvalue weighted by Crippen LogP contribution is 2.27. The number of halogens is 2. The van der Waals surface area contributed by atoms with E-state index in [1.54, 1.807) is 17.0 Å². The fraction of sp³-hybridized carbons (Fsp3) is 0.261. The predicted molar refractivity (Wildman–Crippen MR) is 119 cm³/mol. The summed E-state index contributed by atoms with van der Waals surface area (Å²) >= 11 is 5.78. The van der Waals surface area contributed by atoms with Crippen molar-refractivity contribution in [2.45, 2.75) is 13.0 Å². The molecule has 4 rings (SSSR count). The third-order valence-electron chi connectivity index (χ3n) is 5.11. The summed E-state index contributed by atoms with van der Waals surface area (Å²) in [5.74, 6) is 0.920. The van der Waals surface area contributed by atoms with Gasteiger partial charge in [-0.25, -0.2) is 14.4 Å². The fourth-order valence-corrected chi connectivity index (χ4v) is 3.67. The van der Waals surface area contributed by atoms with Gasteiger partial charge in [-0.2, -0.15) is 0 Å². The number of carbonyl (C=O) groups excluding carboxylic acids is 1. The van der Waals surface area contributed by atoms with E-state index in [0.717, 1.165) is 0 Å². The van der Waals surface area contributed by atoms with Crippen molar-refractivity contribution >= 4 is 23.3 Å². The molecule has 7 nitrogen and oxygen atoms in total. The molecular weight excluding hydrogens is 435 g/mol. The first-order valence-corrected chi connectivity index (χ1v) is 10.5. The van der Waals surface area contributed by atoms with Crippen LogP contribution in [-0.4, -0.2) is 53.1 Å². The number of piperazine rings is 1. The number of amides is 1. The lowest BCUT2D eigenvalue weighted by Crippen LogP contribution is -2.55. The Bertz CT molecular complexity index is 1090. The molecule has 0 N–H and O–H groups in total. The second-order valence-electron chi connectivity index (χ2n) is 7.38. The predicted octanol–water partition coefficient (Wildman–Crippen LogP) is 4.18. The van der Waals surface area contributed by atoms with Gasteiger partial charge in [0.05, 0.1) is 0 Å². The van der Waals surface area contributed by atoms with E-state index in [1.165, 1.54) is 18.5 Å². The molecule has 0 spiro atoms. The minimum absolute atomic E-state index is 0.00744. The zero-order valence-corrected chi connectivity index (χ0v) is 18.2. The SMILES string of the molecule is CC1CN(c2cc(Oc3ccc(Cl)cc3F)ncn2)CCN1C(=O)COc1ccccc1. The number of nitrogens with zero attached hydrogens (tertiary/aromatic N) is 4. The molecule has 32 heavy (non-hydrogen) atoms. The van der Waals surface area contributed by atoms with Crippen molar-refractivity contribution in [1.82, 2.24) is 14.9 Å². The van der Waals surface area contributed by atoms with Crippen molar-refractivity contribution in [3.05, 3.63) is 71.8 Å². The number of hydrogen-bond acceptors (Lipinski definition) is 6. The molecule has 166 valence electrons. The number of ether oxygens (including phenoxy) is 2. The summed E-state index contributed by atoms with van der Waals surface area (Å²) in [6.45, 7) is 3.68. The number of rotatable bonds is 6. The zero-order chi connectivity index (χ0) is 22.5. The maximum Gasteiger partial charge on any atom is 0.260 e. The number of aromatic nitrogens is 2. The Morgan fingerprint density at radius 2 is 1.97 bits per heavy atom. The molecule has 3 aromatic rings. The lowest BCUT2D eigenvalue weighted by atomic mass is 10.2. The lowest BCUT2D eigenvalue weighted by Gasteiger charge is -2.40. The van der Waals surface area contributed by atoms with Gasteiger partial charge >= 0.3 is 0 Å². The Kier molecular flexibility index (Phi) is 6.70. The van der Waals surface area contributed by atoms with Crippen LogP contribution in [0.5, 0.6) is 17.4 Å². The molecule has 1 saturated heterocycles. The van der Waals surface area contributed by atoms with Crippen LogP contribution in [0.15, 0.2) is 60.9 Å². The molecule has 0 saturated carbocycles. The quantitative estimate of drug-likeness (QED) is 0.554. The Balaban J connectivity index is 1.36. The van der Waals surface area contributed by atoms with Gasteiger partial charge in [-0.3, -0.25) is 4.79 Å². The van der Waals surface area contributed by atoms with Gasteiger partial charge in [-0.05, 0) is 37.3 Å². The second kappa shape index (κ2) is 9.82. The Hall–Kier alpha value is -3.39. The smallest absolute Gasteiger partial charge is 0.260 e. The summed E-state index contributed by atoms with van der Waals surface area (Å²) in [5, 5.41) is 0.286. The van der Waals surface area contributed by atoms with Crippen molar-refractivity contribution in [3.63, 3.8) is 0 Å². The Labute approximate surface area is 190 Å². The van der Waals surface area contributed by atoms with Gasteiger partial charge < -0.3 is 19.3 Å². The van der Waals surface area contributed by atoms with Crippen LogP contribution in [0, 0.1) is 5.82 Å². The van der Waals surface area contributed by atoms with Gasteiger partial charge in [0.15, 0.2) is 18.2 Å². The average Bonchev–Trinajstić information content (AvgIpc) is 2.80. The first-order valence-electron chi connectivity index (χ1n) is 10.2. The highest BCUT2D eigenvalue weighted by atomic mass is 35.5. The highest BCUT2D eigenvalue weighted by Gasteiger charge is 2.28. The van der Waals surface area contributed by atoms with Gasteiger partial charge in [-0.1, -0.05) is 29.8 Å². The van der Waals surface area contributed by atoms with Crippen LogP contribution in [0.1, 0.15) is 6.92 Å². The second-order valence-corrected chi connectivity index (χ2v) is 7.81. The van der Waals surface area contributed by atoms with Gasteiger partial charge in [0.2, 0.25) is 5.88 Å². The summed E-state index contributed by atoms with van der Waals surface area (Å²) in [5.41, 5.74) is 0. The number of carbonyl (C=O) groups is 1. The number of benzene rings is 2. The largest absolute Gasteiger partial charge is 0.484 e. The Morgan fingerprint density at radius 1 is 1.16 bits per heavy atom. The standard InChI is InChI=1S/C23H22ClFN4O3/c1-16-13-28(9-10-29(16)23(30)14-31-18-5-3-2-4-6-18)21-12-22(27-15-26-21)32-20-8-7-17(24)11-19(20)25/h2-8,11-12,15-16H,9-10,13-14H2,1H3. The first kappa shape index (κ1) is 21.8. The molecule has 2 aromatic carbocycles. The van der Waals surface area contributed by atoms with Gasteiger partial charge in [0.1, 0.15) is 17.9 Å². The van der Waals surface area contributed by atoms with Gasteiger partial charge in [0, 0.05) is 36.8 Å². The normalized spacial score (nSPS) is 16.0. The molecule has 1 atom stereocenters. The van der Waals surface area contributed by atoms with E-state index in [4.69, 9.17) is 21.1 Å². The minimum Gasteiger partial charge on any atom is -0.484 e. The van der Waals surface area contributed by atoms with E-state index in [2.05, 4.69) is 9.97 Å². The van der Waals surface area contributed by atoms with Crippen molar-refractivity contribution < 1.29 is 18.7 Å². The average molecular weight is 457 g/mol. The molecule has 1 fully saturated rings. The van der Waals surface area contributed by atoms with Crippen LogP contribution < -0.4 is 14.4 Å². The monoisotopic (exact) mass is 456 g/mol. The van der Waals surface area contributed by atoms with Crippen LogP contribution in [0.4, 0.5) is 10.2 Å². The van der Waals surface area contributed by atoms with Crippen LogP contribution in [0.25, 0.3) is 0 Å². The van der Waals surface area contributed by atoms with Gasteiger partial charge in [0.25, 0.3) is 5.91 Å². The van der Waals surface area contributed by atoms with Crippen LogP contribution in [-0.2, 0) is 4.79 Å². The molecule has 1 aliphatic rings. The maximum atomic E-state index is 14.0. The summed E-state index contributed by atoms with van der Waals surface area (Å²) in [6, 6.07) is 15.0. The molecule has 1 unspecified atom stereocenters. The molecule has 1 amide bonds. The summed E-state index contributed by atoms with van der Waals surface area (Å²) < 4.78 is 25.2. The number of para-hydroxylation sites is 1. The van der Waals surface area contributed by atoms with Crippen LogP contribution >= 0.6 is 11.6 Å². The summed E-state index contributed by atoms with van der Waals surface area (Å²) in [6.07, 6.45) is 1.37. The topological polar surface area (TPSA) is 67.8 Å². The third-order valence-corrected chi connectivity index (χ3v) is 5.35. The number of hydrogen-bond donors (Lipinski definition) is 0. The van der Waals surface area contributed by atoms with E-state index in [-0.39, 0.29) is 35.2 Å². The van der Waals surface area contributed by atoms with Gasteiger partial charge in [-0.15, -0.1) is 0 Å². The molecular formula is C23H22ClFN4O3. The van der Waals surface area contributed by atoms with Crippen molar-refractivity contribution in [2.24, 2.45) is 0 Å². The van der Waals surface area contributed by atoms with Crippen molar-refractivity contribution in [1.29, 1.82) is 0 Å². The lowest BCUT2D eigenvalue weighted by molar-refractivity contribution is -0.135. The molecule has 0 radical (unpaired) electrons. The van der Waals surface area contributed by atoms with Crippen LogP contribution in [0.3, 0.4) is 0 Å². The molecule has 1 aromatic heterocycles. The molecule has 0 bridgehead atoms. The Morgan fingerprint density at radius 3 is 2.72 bits per heavy atom. The highest BCUT2D eigenvalue weighted by molar-refractivity contribution is 6.30. The third kappa shape index (κ3) is 5.26. The minimum atomic E-state index is -0.573. The van der Waals surface area contributed by atoms with E-state index < -0.39 is 5.82 Å². The number of anilines is 1. The molecule has 1 aliphatic heterocycles. The summed E-state index contributed by atoms with van der Waals surface area (Å²) in [7, 11) is 0. The molecule has 0 aliphatic carbocycles. The molecule has 9 heteroatoms. The maximum absolute atomic E-state index is 14.0. The fourth-order valence-electron chi connectivity index (χ4n) is 3.51. The van der Waals surface area contributed by atoms with E-state index in [9.17, 15) is 9.18 Å². The van der Waals surface area contributed by atoms with Crippen LogP contribution in [0.2, 0.25) is 5.02 Å². The van der Waals surface area contributed by atoms with E-state index in [0.29, 0.717) is 31.2 Å². The van der Waals surface area contributed by atoms with Crippen molar-refractivity contribution in [2.75, 3.05) is 31.1 Å². The molecule has 2 heterocycles.